The Hall–Kier alpha value is -4.08. The molecule has 4 rings (SSSR count). The molecule has 2 amide bonds. The third kappa shape index (κ3) is 8.98. The number of nitrogens with two attached hydrogens (primary N) is 2. The quantitative estimate of drug-likeness (QED) is 0.132. The molecule has 0 spiro atoms. The van der Waals surface area contributed by atoms with Crippen LogP contribution in [0.15, 0.2) is 54.6 Å². The highest BCUT2D eigenvalue weighted by molar-refractivity contribution is 5.86. The lowest BCUT2D eigenvalue weighted by molar-refractivity contribution is -0.142. The summed E-state index contributed by atoms with van der Waals surface area (Å²) in [6.07, 6.45) is 1.53. The highest BCUT2D eigenvalue weighted by atomic mass is 16.4. The third-order valence-electron chi connectivity index (χ3n) is 9.50. The van der Waals surface area contributed by atoms with Crippen LogP contribution in [0.25, 0.3) is 0 Å². The van der Waals surface area contributed by atoms with Gasteiger partial charge in [0.1, 0.15) is 11.5 Å². The van der Waals surface area contributed by atoms with Gasteiger partial charge in [0.05, 0.1) is 13.2 Å². The van der Waals surface area contributed by atoms with Gasteiger partial charge in [0.25, 0.3) is 11.8 Å². The van der Waals surface area contributed by atoms with Gasteiger partial charge in [-0.15, -0.1) is 0 Å². The van der Waals surface area contributed by atoms with Gasteiger partial charge < -0.3 is 42.1 Å². The van der Waals surface area contributed by atoms with Crippen molar-refractivity contribution in [1.82, 2.24) is 14.7 Å². The van der Waals surface area contributed by atoms with Crippen molar-refractivity contribution in [2.24, 2.45) is 11.5 Å². The zero-order chi connectivity index (χ0) is 36.6. The molecule has 1 fully saturated rings. The monoisotopic (exact) mass is 693 g/mol. The Morgan fingerprint density at radius 1 is 0.640 bits per heavy atom. The lowest BCUT2D eigenvalue weighted by Crippen LogP contribution is -2.44. The molecule has 0 saturated carbocycles. The molecular formula is C37H51N5O8. The molecule has 13 heteroatoms. The number of primary amides is 2. The molecule has 0 aliphatic carbocycles. The topological polar surface area (TPSA) is 217 Å². The second kappa shape index (κ2) is 16.8. The van der Waals surface area contributed by atoms with Crippen LogP contribution in [0.2, 0.25) is 0 Å². The molecule has 13 nitrogen and oxygen atoms in total. The molecule has 3 aromatic rings. The Bertz CT molecular complexity index is 1640. The Kier molecular flexibility index (Phi) is 13.0. The number of aromatic hydroxyl groups is 2. The van der Waals surface area contributed by atoms with E-state index in [9.17, 15) is 40.2 Å². The minimum atomic E-state index is -2.44. The normalized spacial score (nSPS) is 18.1. The maximum atomic E-state index is 12.1. The molecular weight excluding hydrogens is 642 g/mol. The number of hydrogen-bond donors (Lipinski definition) is 8. The van der Waals surface area contributed by atoms with Crippen LogP contribution < -0.4 is 11.5 Å². The second-order valence-electron chi connectivity index (χ2n) is 13.4. The summed E-state index contributed by atoms with van der Waals surface area (Å²) in [5.41, 5.74) is 9.20. The van der Waals surface area contributed by atoms with Crippen molar-refractivity contribution in [3.8, 4) is 11.5 Å². The van der Waals surface area contributed by atoms with E-state index in [4.69, 9.17) is 11.5 Å². The van der Waals surface area contributed by atoms with Gasteiger partial charge in [-0.1, -0.05) is 53.6 Å². The summed E-state index contributed by atoms with van der Waals surface area (Å²) in [5, 5.41) is 63.9. The summed E-state index contributed by atoms with van der Waals surface area (Å²) in [6, 6.07) is 16.6. The van der Waals surface area contributed by atoms with Crippen LogP contribution in [0, 0.1) is 13.8 Å². The first kappa shape index (κ1) is 38.7. The average molecular weight is 694 g/mol. The molecule has 2 unspecified atom stereocenters. The predicted octanol–water partition coefficient (Wildman–Crippen LogP) is 0.645. The first-order valence-electron chi connectivity index (χ1n) is 16.8. The number of phenols is 2. The Morgan fingerprint density at radius 3 is 1.40 bits per heavy atom. The molecule has 1 saturated heterocycles. The van der Waals surface area contributed by atoms with E-state index in [0.29, 0.717) is 67.9 Å². The number of nitrogens with zero attached hydrogens (tertiary/aromatic N) is 3. The molecule has 3 aromatic carbocycles. The van der Waals surface area contributed by atoms with E-state index >= 15 is 0 Å². The molecule has 0 radical (unpaired) electrons. The fraction of sp³-hybridized carbons (Fsp3) is 0.459. The van der Waals surface area contributed by atoms with Crippen LogP contribution in [0.5, 0.6) is 11.5 Å². The second-order valence-corrected chi connectivity index (χ2v) is 13.4. The summed E-state index contributed by atoms with van der Waals surface area (Å²) in [5.74, 6) is -2.92. The van der Waals surface area contributed by atoms with Gasteiger partial charge in [-0.25, -0.2) is 0 Å². The number of carbonyl (C=O) groups excluding carboxylic acids is 2. The Balaban J connectivity index is 1.63. The SMILES string of the molecule is Cc1cc(CN2CCCN(Cc3ccccc3)CCN(Cc3cc(C)cc(C(O)(CO)C(N)=O)c3O)CCC2)c(O)c(C(O)(CO)C(N)=O)c1. The molecule has 0 bridgehead atoms. The van der Waals surface area contributed by atoms with E-state index in [1.807, 2.05) is 18.2 Å². The van der Waals surface area contributed by atoms with Crippen LogP contribution in [0.1, 0.15) is 51.8 Å². The van der Waals surface area contributed by atoms with E-state index in [1.54, 1.807) is 26.0 Å². The van der Waals surface area contributed by atoms with E-state index in [2.05, 4.69) is 26.8 Å². The molecule has 1 heterocycles. The number of rotatable bonds is 12. The van der Waals surface area contributed by atoms with Crippen LogP contribution >= 0.6 is 0 Å². The molecule has 50 heavy (non-hydrogen) atoms. The van der Waals surface area contributed by atoms with E-state index in [-0.39, 0.29) is 22.6 Å². The minimum absolute atomic E-state index is 0.137. The predicted molar refractivity (Wildman–Crippen MR) is 188 cm³/mol. The number of aryl methyl sites for hydroxylation is 2. The first-order valence-corrected chi connectivity index (χ1v) is 16.8. The Morgan fingerprint density at radius 2 is 1.02 bits per heavy atom. The zero-order valence-corrected chi connectivity index (χ0v) is 28.9. The maximum Gasteiger partial charge on any atom is 0.256 e. The van der Waals surface area contributed by atoms with Crippen molar-refractivity contribution in [3.63, 3.8) is 0 Å². The van der Waals surface area contributed by atoms with Crippen LogP contribution in [0.4, 0.5) is 0 Å². The smallest absolute Gasteiger partial charge is 0.256 e. The first-order chi connectivity index (χ1) is 23.7. The highest BCUT2D eigenvalue weighted by Gasteiger charge is 2.40. The largest absolute Gasteiger partial charge is 0.507 e. The van der Waals surface area contributed by atoms with Crippen LogP contribution in [-0.4, -0.2) is 110 Å². The fourth-order valence-electron chi connectivity index (χ4n) is 6.62. The van der Waals surface area contributed by atoms with Gasteiger partial charge in [0.2, 0.25) is 0 Å². The lowest BCUT2D eigenvalue weighted by Gasteiger charge is -2.29. The molecule has 0 aromatic heterocycles. The van der Waals surface area contributed by atoms with E-state index in [1.165, 1.54) is 17.7 Å². The highest BCUT2D eigenvalue weighted by Crippen LogP contribution is 2.36. The number of aliphatic hydroxyl groups excluding tert-OH is 2. The van der Waals surface area contributed by atoms with Crippen LogP contribution in [0.3, 0.4) is 0 Å². The fourth-order valence-corrected chi connectivity index (χ4v) is 6.62. The van der Waals surface area contributed by atoms with Crippen molar-refractivity contribution in [2.75, 3.05) is 52.5 Å². The van der Waals surface area contributed by atoms with Gasteiger partial charge in [-0.2, -0.15) is 0 Å². The number of hydrogen-bond acceptors (Lipinski definition) is 11. The van der Waals surface area contributed by atoms with Crippen molar-refractivity contribution in [1.29, 1.82) is 0 Å². The van der Waals surface area contributed by atoms with Crippen molar-refractivity contribution in [2.45, 2.75) is 57.5 Å². The Labute approximate surface area is 293 Å². The van der Waals surface area contributed by atoms with E-state index in [0.717, 1.165) is 26.1 Å². The summed E-state index contributed by atoms with van der Waals surface area (Å²) in [6.45, 7) is 7.04. The zero-order valence-electron chi connectivity index (χ0n) is 28.9. The number of phenolic OH excluding ortho intramolecular Hbond substituents is 2. The van der Waals surface area contributed by atoms with Gasteiger partial charge in [-0.3, -0.25) is 24.3 Å². The van der Waals surface area contributed by atoms with Crippen LogP contribution in [-0.2, 0) is 40.4 Å². The van der Waals surface area contributed by atoms with Crippen molar-refractivity contribution >= 4 is 11.8 Å². The molecule has 1 aliphatic heterocycles. The van der Waals surface area contributed by atoms with Crippen molar-refractivity contribution < 1.29 is 40.2 Å². The number of aliphatic hydroxyl groups is 4. The minimum Gasteiger partial charge on any atom is -0.507 e. The average Bonchev–Trinajstić information content (AvgIpc) is 3.12. The third-order valence-corrected chi connectivity index (χ3v) is 9.50. The molecule has 272 valence electrons. The number of carbonyl (C=O) groups is 2. The van der Waals surface area contributed by atoms with Gasteiger partial charge >= 0.3 is 0 Å². The standard InChI is InChI=1S/C37H51N5O8/c1-25-16-28(32(45)30(18-25)36(49,23-43)34(38)47)21-40-10-6-12-41(20-27-8-4-3-5-9-27)14-15-42(13-7-11-40)22-29-17-26(2)19-31(33(29)46)37(50,24-44)35(39)48/h3-5,8-9,16-19,43-46,49-50H,6-7,10-15,20-24H2,1-2H3,(H2,38,47)(H2,39,48). The summed E-state index contributed by atoms with van der Waals surface area (Å²) in [4.78, 5) is 31.0. The number of benzene rings is 3. The van der Waals surface area contributed by atoms with Gasteiger partial charge in [-0.05, 0) is 70.6 Å². The summed E-state index contributed by atoms with van der Waals surface area (Å²) >= 11 is 0. The molecule has 10 N–H and O–H groups in total. The summed E-state index contributed by atoms with van der Waals surface area (Å²) < 4.78 is 0. The van der Waals surface area contributed by atoms with Gasteiger partial charge in [0, 0.05) is 55.0 Å². The lowest BCUT2D eigenvalue weighted by atomic mass is 9.89. The molecule has 2 atom stereocenters. The number of amides is 2. The van der Waals surface area contributed by atoms with Gasteiger partial charge in [0.15, 0.2) is 11.2 Å². The summed E-state index contributed by atoms with van der Waals surface area (Å²) in [7, 11) is 0. The van der Waals surface area contributed by atoms with Crippen molar-refractivity contribution in [3.05, 3.63) is 93.5 Å². The maximum absolute atomic E-state index is 12.1. The molecule has 1 aliphatic rings. The van der Waals surface area contributed by atoms with E-state index < -0.39 is 36.2 Å².